The number of carbonyl (C=O) groups is 1. The van der Waals surface area contributed by atoms with Crippen LogP contribution in [0.2, 0.25) is 0 Å². The van der Waals surface area contributed by atoms with Crippen molar-refractivity contribution in [2.75, 3.05) is 0 Å². The quantitative estimate of drug-likeness (QED) is 0.424. The number of nitrogens with one attached hydrogen (secondary N) is 3. The van der Waals surface area contributed by atoms with Gasteiger partial charge in [-0.3, -0.25) is 15.1 Å². The Balaban J connectivity index is 1.86. The number of rotatable bonds is 3. The highest BCUT2D eigenvalue weighted by Gasteiger charge is 2.22. The number of amides is 1. The first kappa shape index (κ1) is 13.3. The molecule has 2 rings (SSSR count). The lowest BCUT2D eigenvalue weighted by molar-refractivity contribution is -0.124. The van der Waals surface area contributed by atoms with Crippen LogP contribution in [0.3, 0.4) is 0 Å². The molecular formula is C12H18N6O. The van der Waals surface area contributed by atoms with E-state index in [0.29, 0.717) is 13.0 Å². The molecule has 0 radical (unpaired) electrons. The van der Waals surface area contributed by atoms with Crippen LogP contribution in [0.4, 0.5) is 0 Å². The van der Waals surface area contributed by atoms with Crippen molar-refractivity contribution in [1.29, 1.82) is 0 Å². The Morgan fingerprint density at radius 2 is 2.47 bits per heavy atom. The van der Waals surface area contributed by atoms with E-state index in [9.17, 15) is 4.79 Å². The molecule has 102 valence electrons. The number of nitrogens with zero attached hydrogens (tertiary/aromatic N) is 2. The predicted octanol–water partition coefficient (Wildman–Crippen LogP) is -0.732. The summed E-state index contributed by atoms with van der Waals surface area (Å²) in [4.78, 5) is 19.7. The van der Waals surface area contributed by atoms with Gasteiger partial charge in [-0.15, -0.1) is 0 Å². The van der Waals surface area contributed by atoms with Crippen LogP contribution in [-0.4, -0.2) is 29.2 Å². The molecule has 1 aromatic heterocycles. The minimum atomic E-state index is -0.385. The van der Waals surface area contributed by atoms with Gasteiger partial charge in [-0.05, 0) is 19.1 Å². The second-order valence-electron chi connectivity index (χ2n) is 4.44. The van der Waals surface area contributed by atoms with Crippen molar-refractivity contribution in [1.82, 2.24) is 20.9 Å². The minimum Gasteiger partial charge on any atom is -0.370 e. The van der Waals surface area contributed by atoms with Gasteiger partial charge in [0.1, 0.15) is 0 Å². The highest BCUT2D eigenvalue weighted by atomic mass is 16.2. The van der Waals surface area contributed by atoms with Crippen LogP contribution in [-0.2, 0) is 11.3 Å². The maximum Gasteiger partial charge on any atom is 0.224 e. The van der Waals surface area contributed by atoms with Crippen LogP contribution >= 0.6 is 0 Å². The molecule has 0 spiro atoms. The van der Waals surface area contributed by atoms with Crippen LogP contribution in [0.25, 0.3) is 0 Å². The van der Waals surface area contributed by atoms with Gasteiger partial charge in [-0.1, -0.05) is 6.07 Å². The Kier molecular flexibility index (Phi) is 4.30. The normalized spacial score (nSPS) is 23.8. The zero-order valence-corrected chi connectivity index (χ0v) is 10.8. The molecule has 1 fully saturated rings. The lowest BCUT2D eigenvalue weighted by Crippen LogP contribution is -2.64. The maximum absolute atomic E-state index is 11.4. The summed E-state index contributed by atoms with van der Waals surface area (Å²) < 4.78 is 0. The van der Waals surface area contributed by atoms with Gasteiger partial charge in [0.25, 0.3) is 0 Å². The highest BCUT2D eigenvalue weighted by molar-refractivity contribution is 5.81. The third kappa shape index (κ3) is 4.22. The Labute approximate surface area is 111 Å². The highest BCUT2D eigenvalue weighted by Crippen LogP contribution is 1.98. The molecule has 7 heteroatoms. The van der Waals surface area contributed by atoms with Crippen LogP contribution in [0, 0.1) is 0 Å². The molecule has 0 aliphatic carbocycles. The number of hydrogen-bond donors (Lipinski definition) is 4. The molecular weight excluding hydrogens is 244 g/mol. The van der Waals surface area contributed by atoms with Crippen LogP contribution < -0.4 is 21.7 Å². The molecule has 1 aliphatic rings. The molecule has 2 atom stereocenters. The van der Waals surface area contributed by atoms with Gasteiger partial charge in [0.05, 0.1) is 12.2 Å². The van der Waals surface area contributed by atoms with Crippen LogP contribution in [0.15, 0.2) is 29.4 Å². The van der Waals surface area contributed by atoms with Crippen molar-refractivity contribution in [2.24, 2.45) is 10.7 Å². The lowest BCUT2D eigenvalue weighted by Gasteiger charge is -2.30. The topological polar surface area (TPSA) is 104 Å². The number of aliphatic imine (C=N–C) groups is 1. The number of pyridine rings is 1. The van der Waals surface area contributed by atoms with Gasteiger partial charge >= 0.3 is 0 Å². The molecule has 1 aliphatic heterocycles. The van der Waals surface area contributed by atoms with E-state index in [1.807, 2.05) is 25.1 Å². The van der Waals surface area contributed by atoms with E-state index in [-0.39, 0.29) is 24.2 Å². The first-order valence-electron chi connectivity index (χ1n) is 6.15. The number of hydrogen-bond acceptors (Lipinski definition) is 4. The average molecular weight is 262 g/mol. The van der Waals surface area contributed by atoms with Gasteiger partial charge in [0, 0.05) is 18.7 Å². The Hall–Kier alpha value is -2.15. The van der Waals surface area contributed by atoms with E-state index in [1.54, 1.807) is 6.20 Å². The van der Waals surface area contributed by atoms with Gasteiger partial charge in [0.15, 0.2) is 12.2 Å². The largest absolute Gasteiger partial charge is 0.370 e. The van der Waals surface area contributed by atoms with E-state index in [0.717, 1.165) is 5.69 Å². The standard InChI is InChI=1S/C12H18N6O/c1-8-6-10(19)17-12(16-8)18-11(13)15-7-9-4-2-3-5-14-9/h2-5,8,12,16H,6-7H2,1H3,(H,17,19)(H3,13,15,18). The summed E-state index contributed by atoms with van der Waals surface area (Å²) in [5.41, 5.74) is 6.60. The fourth-order valence-electron chi connectivity index (χ4n) is 1.81. The number of guanidine groups is 1. The third-order valence-corrected chi connectivity index (χ3v) is 2.68. The molecule has 2 unspecified atom stereocenters. The second kappa shape index (κ2) is 6.14. The van der Waals surface area contributed by atoms with E-state index < -0.39 is 0 Å². The van der Waals surface area contributed by atoms with Gasteiger partial charge in [-0.2, -0.15) is 0 Å². The monoisotopic (exact) mass is 262 g/mol. The molecule has 1 aromatic rings. The molecule has 0 aromatic carbocycles. The summed E-state index contributed by atoms with van der Waals surface area (Å²) in [5.74, 6) is 0.249. The van der Waals surface area contributed by atoms with Crippen molar-refractivity contribution >= 4 is 11.9 Å². The SMILES string of the molecule is CC1CC(=O)NC(NC(N)=NCc2ccccn2)N1. The smallest absolute Gasteiger partial charge is 0.224 e. The fraction of sp³-hybridized carbons (Fsp3) is 0.417. The third-order valence-electron chi connectivity index (χ3n) is 2.68. The summed E-state index contributed by atoms with van der Waals surface area (Å²) in [7, 11) is 0. The minimum absolute atomic E-state index is 0.0127. The van der Waals surface area contributed by atoms with Gasteiger partial charge in [-0.25, -0.2) is 4.99 Å². The first-order valence-corrected chi connectivity index (χ1v) is 6.15. The van der Waals surface area contributed by atoms with Crippen molar-refractivity contribution < 1.29 is 4.79 Å². The number of nitrogens with two attached hydrogens (primary N) is 1. The van der Waals surface area contributed by atoms with Gasteiger partial charge in [0.2, 0.25) is 5.91 Å². The number of aromatic nitrogens is 1. The molecule has 5 N–H and O–H groups in total. The Bertz CT molecular complexity index is 461. The van der Waals surface area contributed by atoms with E-state index >= 15 is 0 Å². The van der Waals surface area contributed by atoms with Crippen molar-refractivity contribution in [3.05, 3.63) is 30.1 Å². The zero-order chi connectivity index (χ0) is 13.7. The van der Waals surface area contributed by atoms with E-state index in [2.05, 4.69) is 25.9 Å². The Morgan fingerprint density at radius 3 is 3.16 bits per heavy atom. The molecule has 1 amide bonds. The Morgan fingerprint density at radius 1 is 1.63 bits per heavy atom. The second-order valence-corrected chi connectivity index (χ2v) is 4.44. The molecule has 2 heterocycles. The molecule has 19 heavy (non-hydrogen) atoms. The molecule has 7 nitrogen and oxygen atoms in total. The molecule has 0 bridgehead atoms. The summed E-state index contributed by atoms with van der Waals surface area (Å²) in [6.45, 7) is 2.34. The number of carbonyl (C=O) groups excluding carboxylic acids is 1. The fourth-order valence-corrected chi connectivity index (χ4v) is 1.81. The van der Waals surface area contributed by atoms with Crippen LogP contribution in [0.5, 0.6) is 0 Å². The summed E-state index contributed by atoms with van der Waals surface area (Å²) in [6, 6.07) is 5.72. The van der Waals surface area contributed by atoms with Crippen molar-refractivity contribution in [3.63, 3.8) is 0 Å². The summed E-state index contributed by atoms with van der Waals surface area (Å²) in [6.07, 6.45) is 1.78. The van der Waals surface area contributed by atoms with Crippen molar-refractivity contribution in [2.45, 2.75) is 32.2 Å². The van der Waals surface area contributed by atoms with E-state index in [4.69, 9.17) is 5.73 Å². The van der Waals surface area contributed by atoms with Gasteiger partial charge < -0.3 is 16.4 Å². The summed E-state index contributed by atoms with van der Waals surface area (Å²) >= 11 is 0. The maximum atomic E-state index is 11.4. The zero-order valence-electron chi connectivity index (χ0n) is 10.8. The molecule has 0 saturated carbocycles. The van der Waals surface area contributed by atoms with E-state index in [1.165, 1.54) is 0 Å². The van der Waals surface area contributed by atoms with Crippen LogP contribution in [0.1, 0.15) is 19.0 Å². The lowest BCUT2D eigenvalue weighted by atomic mass is 10.2. The summed E-state index contributed by atoms with van der Waals surface area (Å²) in [5, 5.41) is 8.80. The average Bonchev–Trinajstić information content (AvgIpc) is 2.36. The molecule has 1 saturated heterocycles. The van der Waals surface area contributed by atoms with Crippen molar-refractivity contribution in [3.8, 4) is 0 Å². The predicted molar refractivity (Wildman–Crippen MR) is 71.8 cm³/mol. The first-order chi connectivity index (χ1) is 9.13.